The highest BCUT2D eigenvalue weighted by molar-refractivity contribution is 6.12. The third kappa shape index (κ3) is 5.70. The number of hydrogen-bond donors (Lipinski definition) is 0. The maximum Gasteiger partial charge on any atom is 0.160 e. The fourth-order valence-corrected chi connectivity index (χ4v) is 8.51. The van der Waals surface area contributed by atoms with Crippen molar-refractivity contribution in [2.45, 2.75) is 6.42 Å². The molecule has 0 saturated carbocycles. The molecule has 1 aliphatic rings. The quantitative estimate of drug-likeness (QED) is 0.171. The minimum atomic E-state index is 0.726. The molecule has 0 fully saturated rings. The van der Waals surface area contributed by atoms with Gasteiger partial charge in [-0.3, -0.25) is 0 Å². The first kappa shape index (κ1) is 32.8. The van der Waals surface area contributed by atoms with Crippen molar-refractivity contribution < 1.29 is 0 Å². The van der Waals surface area contributed by atoms with Crippen LogP contribution >= 0.6 is 0 Å². The summed E-state index contributed by atoms with van der Waals surface area (Å²) in [7, 11) is 0. The van der Waals surface area contributed by atoms with Crippen LogP contribution in [-0.4, -0.2) is 19.1 Å². The van der Waals surface area contributed by atoms with Crippen molar-refractivity contribution in [1.82, 2.24) is 19.1 Å². The molecule has 7 aromatic carbocycles. The number of aromatic nitrogens is 4. The first-order valence-electron chi connectivity index (χ1n) is 19.5. The molecule has 57 heavy (non-hydrogen) atoms. The highest BCUT2D eigenvalue weighted by Gasteiger charge is 2.17. The number of fused-ring (bicyclic) bond motifs is 6. The monoisotopic (exact) mass is 728 g/mol. The molecule has 10 aromatic rings. The van der Waals surface area contributed by atoms with Gasteiger partial charge in [-0.05, 0) is 77.7 Å². The average molecular weight is 729 g/mol. The second kappa shape index (κ2) is 13.6. The molecule has 0 atom stereocenters. The molecule has 0 N–H and O–H groups in total. The van der Waals surface area contributed by atoms with Crippen LogP contribution in [-0.2, 0) is 0 Å². The lowest BCUT2D eigenvalue weighted by atomic mass is 10.0. The van der Waals surface area contributed by atoms with Gasteiger partial charge in [0, 0.05) is 44.1 Å². The maximum absolute atomic E-state index is 5.12. The van der Waals surface area contributed by atoms with Crippen molar-refractivity contribution in [3.8, 4) is 39.5 Å². The molecule has 268 valence electrons. The second-order valence-electron chi connectivity index (χ2n) is 14.6. The Morgan fingerprint density at radius 1 is 0.404 bits per heavy atom. The molecule has 0 saturated heterocycles. The van der Waals surface area contributed by atoms with E-state index in [4.69, 9.17) is 9.97 Å². The molecule has 0 unspecified atom stereocenters. The summed E-state index contributed by atoms with van der Waals surface area (Å²) in [6.07, 6.45) is 9.64. The van der Waals surface area contributed by atoms with Gasteiger partial charge in [-0.2, -0.15) is 0 Å². The molecule has 4 nitrogen and oxygen atoms in total. The molecule has 11 rings (SSSR count). The zero-order valence-electron chi connectivity index (χ0n) is 31.1. The van der Waals surface area contributed by atoms with Gasteiger partial charge < -0.3 is 9.13 Å². The normalized spacial score (nSPS) is 13.0. The van der Waals surface area contributed by atoms with Gasteiger partial charge in [0.15, 0.2) is 5.82 Å². The summed E-state index contributed by atoms with van der Waals surface area (Å²) in [6, 6.07) is 64.7. The predicted octanol–water partition coefficient (Wildman–Crippen LogP) is 13.6. The molecule has 0 bridgehead atoms. The van der Waals surface area contributed by atoms with Crippen molar-refractivity contribution in [3.63, 3.8) is 0 Å². The van der Waals surface area contributed by atoms with E-state index in [1.807, 2.05) is 24.3 Å². The lowest BCUT2D eigenvalue weighted by molar-refractivity contribution is 1.14. The fourth-order valence-electron chi connectivity index (χ4n) is 8.51. The van der Waals surface area contributed by atoms with Crippen LogP contribution in [0.3, 0.4) is 0 Å². The summed E-state index contributed by atoms with van der Waals surface area (Å²) in [5.74, 6) is 0.726. The largest absolute Gasteiger partial charge is 0.310 e. The third-order valence-corrected chi connectivity index (χ3v) is 11.2. The van der Waals surface area contributed by atoms with Gasteiger partial charge in [0.2, 0.25) is 0 Å². The van der Waals surface area contributed by atoms with Crippen molar-refractivity contribution in [3.05, 3.63) is 212 Å². The zero-order valence-corrected chi connectivity index (χ0v) is 31.1. The van der Waals surface area contributed by atoms with Crippen molar-refractivity contribution in [2.24, 2.45) is 0 Å². The van der Waals surface area contributed by atoms with E-state index < -0.39 is 0 Å². The highest BCUT2D eigenvalue weighted by atomic mass is 15.0. The smallest absolute Gasteiger partial charge is 0.160 e. The molecule has 3 aromatic heterocycles. The second-order valence-corrected chi connectivity index (χ2v) is 14.6. The molecule has 1 aliphatic carbocycles. The van der Waals surface area contributed by atoms with Crippen molar-refractivity contribution in [1.29, 1.82) is 0 Å². The Morgan fingerprint density at radius 3 is 1.68 bits per heavy atom. The Morgan fingerprint density at radius 2 is 0.965 bits per heavy atom. The van der Waals surface area contributed by atoms with E-state index in [2.05, 4.69) is 191 Å². The van der Waals surface area contributed by atoms with E-state index in [1.54, 1.807) is 0 Å². The lowest BCUT2D eigenvalue weighted by Gasteiger charge is -2.12. The molecule has 0 radical (unpaired) electrons. The van der Waals surface area contributed by atoms with Crippen molar-refractivity contribution >= 4 is 54.9 Å². The Balaban J connectivity index is 0.981. The fraction of sp³-hybridized carbons (Fsp3) is 0.0189. The predicted molar refractivity (Wildman–Crippen MR) is 238 cm³/mol. The van der Waals surface area contributed by atoms with Gasteiger partial charge in [-0.15, -0.1) is 0 Å². The standard InChI is InChI=1S/C53H36N4/c1-3-15-36(16-4-1)47-35-48(55-53(54-47)38-17-5-2-6-18-38)37-19-13-21-41(31-29-37)56-51-28-12-9-25-45(51)46-34-40(30-32-52(46)56)39-20-14-22-42(33-39)57-49-26-10-7-23-43(49)44-24-8-11-27-50(44)57/h1-28,30-35H,29H2. The number of rotatable bonds is 6. The van der Waals surface area contributed by atoms with E-state index in [0.717, 1.165) is 51.7 Å². The van der Waals surface area contributed by atoms with Gasteiger partial charge in [0.25, 0.3) is 0 Å². The van der Waals surface area contributed by atoms with E-state index in [-0.39, 0.29) is 0 Å². The summed E-state index contributed by atoms with van der Waals surface area (Å²) < 4.78 is 4.79. The molecule has 0 spiro atoms. The minimum absolute atomic E-state index is 0.726. The Bertz CT molecular complexity index is 3140. The number of allylic oxidation sites excluding steroid dienone is 6. The Hall–Kier alpha value is -7.56. The number of benzene rings is 7. The molecule has 0 aliphatic heterocycles. The number of hydrogen-bond acceptors (Lipinski definition) is 2. The van der Waals surface area contributed by atoms with Gasteiger partial charge in [-0.1, -0.05) is 152 Å². The SMILES string of the molecule is C1=CC(n2c3ccccc3c3cc(-c4cccc(-n5c6ccccc6c6ccccc65)c4)ccc32)=CCC(c2cc(-c3ccccc3)nc(-c3ccccc3)n2)=C1. The van der Waals surface area contributed by atoms with E-state index in [1.165, 1.54) is 54.7 Å². The average Bonchev–Trinajstić information content (AvgIpc) is 3.68. The van der Waals surface area contributed by atoms with Crippen LogP contribution in [0.5, 0.6) is 0 Å². The molecule has 4 heteroatoms. The maximum atomic E-state index is 5.12. The van der Waals surface area contributed by atoms with Crippen LogP contribution in [0.2, 0.25) is 0 Å². The number of nitrogens with zero attached hydrogens (tertiary/aromatic N) is 4. The van der Waals surface area contributed by atoms with Gasteiger partial charge in [0.1, 0.15) is 0 Å². The van der Waals surface area contributed by atoms with Gasteiger partial charge >= 0.3 is 0 Å². The van der Waals surface area contributed by atoms with Crippen LogP contribution in [0.15, 0.2) is 206 Å². The van der Waals surface area contributed by atoms with Gasteiger partial charge in [0.05, 0.1) is 33.5 Å². The summed E-state index contributed by atoms with van der Waals surface area (Å²) in [4.78, 5) is 10.1. The van der Waals surface area contributed by atoms with E-state index in [9.17, 15) is 0 Å². The van der Waals surface area contributed by atoms with Crippen LogP contribution in [0.25, 0.3) is 94.3 Å². The summed E-state index contributed by atoms with van der Waals surface area (Å²) in [5, 5.41) is 4.99. The van der Waals surface area contributed by atoms with Crippen LogP contribution in [0.1, 0.15) is 12.1 Å². The number of para-hydroxylation sites is 3. The van der Waals surface area contributed by atoms with Gasteiger partial charge in [-0.25, -0.2) is 9.97 Å². The van der Waals surface area contributed by atoms with E-state index >= 15 is 0 Å². The van der Waals surface area contributed by atoms with Crippen LogP contribution < -0.4 is 0 Å². The van der Waals surface area contributed by atoms with E-state index in [0.29, 0.717) is 0 Å². The lowest BCUT2D eigenvalue weighted by Crippen LogP contribution is -1.98. The minimum Gasteiger partial charge on any atom is -0.310 e. The zero-order chi connectivity index (χ0) is 37.7. The van der Waals surface area contributed by atoms with Crippen molar-refractivity contribution in [2.75, 3.05) is 0 Å². The molecular formula is C53H36N4. The molecule has 3 heterocycles. The molecular weight excluding hydrogens is 693 g/mol. The molecule has 0 amide bonds. The van der Waals surface area contributed by atoms with Crippen LogP contribution in [0, 0.1) is 0 Å². The third-order valence-electron chi connectivity index (χ3n) is 11.2. The topological polar surface area (TPSA) is 35.6 Å². The summed E-state index contributed by atoms with van der Waals surface area (Å²) in [6.45, 7) is 0. The summed E-state index contributed by atoms with van der Waals surface area (Å²) in [5.41, 5.74) is 14.5. The summed E-state index contributed by atoms with van der Waals surface area (Å²) >= 11 is 0. The Kier molecular flexibility index (Phi) is 7.85. The Labute approximate surface area is 330 Å². The first-order valence-corrected chi connectivity index (χ1v) is 19.5. The first-order chi connectivity index (χ1) is 28.3. The highest BCUT2D eigenvalue weighted by Crippen LogP contribution is 2.38. The van der Waals surface area contributed by atoms with Crippen LogP contribution in [0.4, 0.5) is 0 Å².